The Morgan fingerprint density at radius 1 is 0.312 bits per heavy atom. The normalized spacial score (nSPS) is 10.5. The van der Waals surface area contributed by atoms with E-state index in [0.29, 0.717) is 22.2 Å². The summed E-state index contributed by atoms with van der Waals surface area (Å²) in [4.78, 5) is 0. The van der Waals surface area contributed by atoms with Crippen LogP contribution in [-0.4, -0.2) is 34.3 Å². The van der Waals surface area contributed by atoms with Crippen molar-refractivity contribution in [3.63, 3.8) is 0 Å². The molecule has 0 radical (unpaired) electrons. The van der Waals surface area contributed by atoms with Gasteiger partial charge in [0.15, 0.2) is 0 Å². The Hall–Kier alpha value is -8.87. The summed E-state index contributed by atoms with van der Waals surface area (Å²) in [5.74, 6) is 0. The largest absolute Gasteiger partial charge is 0.489 e. The van der Waals surface area contributed by atoms with Crippen LogP contribution in [-0.2, 0) is 0 Å². The minimum Gasteiger partial charge on any atom is -0.456 e. The first kappa shape index (κ1) is 67.0. The molecule has 0 fully saturated rings. The summed E-state index contributed by atoms with van der Waals surface area (Å²) in [5.41, 5.74) is 15.7. The summed E-state index contributed by atoms with van der Waals surface area (Å²) in [5, 5.41) is 69.3. The average Bonchev–Trinajstić information content (AvgIpc) is 1.77. The van der Waals surface area contributed by atoms with E-state index in [2.05, 4.69) is 177 Å². The Morgan fingerprint density at radius 3 is 1.15 bits per heavy atom. The fourth-order valence-electron chi connectivity index (χ4n) is 10.5. The Morgan fingerprint density at radius 2 is 0.688 bits per heavy atom. The highest BCUT2D eigenvalue weighted by molar-refractivity contribution is 14.1. The molecule has 0 unspecified atom stereocenters. The molecule has 0 amide bonds. The molecular formula is C76H50B2Br4IN3O7. The van der Waals surface area contributed by atoms with Crippen molar-refractivity contribution >= 4 is 177 Å². The van der Waals surface area contributed by atoms with E-state index in [1.807, 2.05) is 140 Å². The number of halogens is 5. The SMILES string of the molecule is Brc1ccc(I)cc1Br.C.N#Cc1ccccc1-c1ccc(-c2ccc3oc4ccccc4c3c2)c(-c2ccc3oc4ccccc4c3c2)c1.N#Cc1ccccc1-c1ccc(Br)c(Br)c1.N#Cc1ccccc1B(O)O.OB(O)c1ccc2oc3ccccc3c2c1. The van der Waals surface area contributed by atoms with Gasteiger partial charge in [0.2, 0.25) is 0 Å². The summed E-state index contributed by atoms with van der Waals surface area (Å²) in [6.45, 7) is 0. The number of hydrogen-bond acceptors (Lipinski definition) is 10. The third kappa shape index (κ3) is 15.3. The zero-order valence-electron chi connectivity index (χ0n) is 48.1. The highest BCUT2D eigenvalue weighted by atomic mass is 127. The molecule has 15 aromatic rings. The highest BCUT2D eigenvalue weighted by Gasteiger charge is 2.18. The van der Waals surface area contributed by atoms with Gasteiger partial charge in [0.25, 0.3) is 0 Å². The number of nitrogens with zero attached hydrogens (tertiary/aromatic N) is 3. The van der Waals surface area contributed by atoms with Gasteiger partial charge in [-0.1, -0.05) is 159 Å². The molecule has 452 valence electrons. The van der Waals surface area contributed by atoms with Crippen LogP contribution in [0.4, 0.5) is 0 Å². The Bertz CT molecular complexity index is 5360. The van der Waals surface area contributed by atoms with E-state index in [1.54, 1.807) is 30.3 Å². The van der Waals surface area contributed by atoms with Crippen molar-refractivity contribution in [1.82, 2.24) is 0 Å². The number of hydrogen-bond donors (Lipinski definition) is 4. The topological polar surface area (TPSA) is 192 Å². The zero-order valence-corrected chi connectivity index (χ0v) is 56.6. The molecular weight excluding hydrogens is 1530 g/mol. The number of rotatable bonds is 6. The lowest BCUT2D eigenvalue weighted by Gasteiger charge is -2.14. The van der Waals surface area contributed by atoms with Gasteiger partial charge < -0.3 is 33.3 Å². The van der Waals surface area contributed by atoms with Crippen molar-refractivity contribution in [2.24, 2.45) is 0 Å². The van der Waals surface area contributed by atoms with Crippen LogP contribution in [0.2, 0.25) is 0 Å². The van der Waals surface area contributed by atoms with Crippen LogP contribution in [0.3, 0.4) is 0 Å². The smallest absolute Gasteiger partial charge is 0.456 e. The van der Waals surface area contributed by atoms with Gasteiger partial charge in [-0.05, 0) is 245 Å². The van der Waals surface area contributed by atoms with Gasteiger partial charge in [0.1, 0.15) is 33.5 Å². The molecule has 0 saturated heterocycles. The lowest BCUT2D eigenvalue weighted by Crippen LogP contribution is -2.31. The fourth-order valence-corrected chi connectivity index (χ4v) is 12.7. The van der Waals surface area contributed by atoms with Crippen molar-refractivity contribution in [3.05, 3.63) is 293 Å². The predicted octanol–water partition coefficient (Wildman–Crippen LogP) is 20.1. The van der Waals surface area contributed by atoms with Crippen LogP contribution in [0.15, 0.2) is 286 Å². The van der Waals surface area contributed by atoms with Crippen molar-refractivity contribution in [2.45, 2.75) is 7.43 Å². The highest BCUT2D eigenvalue weighted by Crippen LogP contribution is 2.42. The summed E-state index contributed by atoms with van der Waals surface area (Å²) in [6, 6.07) is 88.6. The first-order chi connectivity index (χ1) is 44.7. The Kier molecular flexibility index (Phi) is 22.1. The molecule has 0 atom stereocenters. The molecule has 0 aliphatic rings. The van der Waals surface area contributed by atoms with E-state index >= 15 is 0 Å². The average molecular weight is 1590 g/mol. The first-order valence-electron chi connectivity index (χ1n) is 28.3. The third-order valence-electron chi connectivity index (χ3n) is 15.0. The number of para-hydroxylation sites is 3. The standard InChI is InChI=1S/C37H21NO2.C13H7Br2N.C12H9BO3.C7H6BNO2.C6H3Br2I.CH4/c38-22-26-7-1-2-8-27(26)23-13-16-28(24-14-17-36-32(20-24)29-9-3-5-11-34(29)39-36)31(19-23)25-15-18-37-33(21-25)30-10-4-6-12-35(30)40-37;14-12-6-5-9(7-13(12)15)11-4-2-1-3-10(11)8-16;14-13(15)8-5-6-12-10(7-8)9-3-1-2-4-11(9)16-12;9-5-6-3-1-2-4-7(6)8(10)11;7-5-2-1-4(9)3-6(5)8;/h1-21H;1-7H;1-7,14-15H;1-4,10-11H;1-3H;1H4. The van der Waals surface area contributed by atoms with Gasteiger partial charge >= 0.3 is 14.2 Å². The van der Waals surface area contributed by atoms with Gasteiger partial charge in [-0.25, -0.2) is 0 Å². The van der Waals surface area contributed by atoms with E-state index < -0.39 is 14.2 Å². The lowest BCUT2D eigenvalue weighted by atomic mass is 9.77. The number of benzene rings is 12. The van der Waals surface area contributed by atoms with E-state index in [9.17, 15) is 5.26 Å². The van der Waals surface area contributed by atoms with Gasteiger partial charge in [0.05, 0.1) is 34.9 Å². The molecule has 3 aromatic heterocycles. The van der Waals surface area contributed by atoms with Gasteiger partial charge in [0, 0.05) is 53.8 Å². The fraction of sp³-hybridized carbons (Fsp3) is 0.0132. The summed E-state index contributed by atoms with van der Waals surface area (Å²) in [7, 11) is -3.01. The maximum atomic E-state index is 9.79. The van der Waals surface area contributed by atoms with Crippen LogP contribution in [0.5, 0.6) is 0 Å². The van der Waals surface area contributed by atoms with E-state index in [4.69, 9.17) is 43.9 Å². The predicted molar refractivity (Wildman–Crippen MR) is 400 cm³/mol. The Balaban J connectivity index is 0.000000147. The molecule has 10 nitrogen and oxygen atoms in total. The molecule has 4 N–H and O–H groups in total. The van der Waals surface area contributed by atoms with Crippen LogP contribution in [0.25, 0.3) is 110 Å². The van der Waals surface area contributed by atoms with Gasteiger partial charge in [-0.15, -0.1) is 0 Å². The monoisotopic (exact) mass is 1580 g/mol. The van der Waals surface area contributed by atoms with Crippen molar-refractivity contribution in [1.29, 1.82) is 15.8 Å². The van der Waals surface area contributed by atoms with Crippen molar-refractivity contribution in [2.75, 3.05) is 0 Å². The van der Waals surface area contributed by atoms with Crippen LogP contribution in [0, 0.1) is 37.6 Å². The van der Waals surface area contributed by atoms with Crippen LogP contribution < -0.4 is 10.9 Å². The van der Waals surface area contributed by atoms with Crippen molar-refractivity contribution in [3.8, 4) is 62.7 Å². The van der Waals surface area contributed by atoms with E-state index in [0.717, 1.165) is 128 Å². The third-order valence-corrected chi connectivity index (χ3v) is 19.4. The van der Waals surface area contributed by atoms with E-state index in [-0.39, 0.29) is 12.9 Å². The Labute approximate surface area is 584 Å². The molecule has 93 heavy (non-hydrogen) atoms. The molecule has 12 aromatic carbocycles. The first-order valence-corrected chi connectivity index (χ1v) is 32.6. The minimum absolute atomic E-state index is 0. The molecule has 0 bridgehead atoms. The molecule has 0 aliphatic heterocycles. The zero-order chi connectivity index (χ0) is 64.4. The molecule has 3 heterocycles. The second-order valence-corrected chi connectivity index (χ2v) is 25.3. The maximum Gasteiger partial charge on any atom is 0.489 e. The number of furan rings is 3. The van der Waals surface area contributed by atoms with Crippen LogP contribution in [0.1, 0.15) is 24.1 Å². The minimum atomic E-state index is -1.56. The molecule has 0 aliphatic carbocycles. The van der Waals surface area contributed by atoms with Gasteiger partial charge in [-0.2, -0.15) is 15.8 Å². The quantitative estimate of drug-likeness (QED) is 0.0708. The van der Waals surface area contributed by atoms with Crippen LogP contribution >= 0.6 is 86.3 Å². The second-order valence-electron chi connectivity index (χ2n) is 20.7. The lowest BCUT2D eigenvalue weighted by molar-refractivity contribution is 0.424. The van der Waals surface area contributed by atoms with E-state index in [1.165, 1.54) is 15.7 Å². The summed E-state index contributed by atoms with van der Waals surface area (Å²) in [6.07, 6.45) is 0. The molecule has 0 saturated carbocycles. The maximum absolute atomic E-state index is 9.79. The van der Waals surface area contributed by atoms with Crippen molar-refractivity contribution < 1.29 is 33.3 Å². The number of nitriles is 3. The summed E-state index contributed by atoms with van der Waals surface area (Å²) >= 11 is 15.9. The van der Waals surface area contributed by atoms with Gasteiger partial charge in [-0.3, -0.25) is 0 Å². The summed E-state index contributed by atoms with van der Waals surface area (Å²) < 4.78 is 23.3. The number of fused-ring (bicyclic) bond motifs is 9. The molecule has 15 rings (SSSR count). The second kappa shape index (κ2) is 30.7. The molecule has 17 heteroatoms. The molecule has 0 spiro atoms.